The van der Waals surface area contributed by atoms with Crippen LogP contribution in [0.5, 0.6) is 0 Å². The van der Waals surface area contributed by atoms with Crippen molar-refractivity contribution in [3.63, 3.8) is 0 Å². The summed E-state index contributed by atoms with van der Waals surface area (Å²) in [7, 11) is 0. The molecule has 0 saturated carbocycles. The number of ether oxygens (including phenoxy) is 1. The fraction of sp³-hybridized carbons (Fsp3) is 0.0769. The van der Waals surface area contributed by atoms with Crippen LogP contribution in [0, 0.1) is 0 Å². The van der Waals surface area contributed by atoms with Crippen LogP contribution in [-0.4, -0.2) is 24.2 Å². The van der Waals surface area contributed by atoms with E-state index in [1.165, 1.54) is 23.5 Å². The maximum Gasteiger partial charge on any atom is 0.316 e. The number of benzene rings is 4. The molecule has 33 heavy (non-hydrogen) atoms. The Morgan fingerprint density at radius 3 is 2.33 bits per heavy atom. The van der Waals surface area contributed by atoms with Crippen molar-refractivity contribution < 1.29 is 14.3 Å². The van der Waals surface area contributed by atoms with Crippen LogP contribution >= 0.6 is 35.1 Å². The summed E-state index contributed by atoms with van der Waals surface area (Å²) in [5.74, 6) is -0.690. The molecule has 4 aromatic rings. The number of anilines is 1. The Morgan fingerprint density at radius 1 is 0.818 bits per heavy atom. The Balaban J connectivity index is 1.27. The molecule has 1 amide bonds. The lowest BCUT2D eigenvalue weighted by molar-refractivity contribution is -0.144. The third-order valence-electron chi connectivity index (χ3n) is 4.64. The van der Waals surface area contributed by atoms with E-state index in [-0.39, 0.29) is 18.3 Å². The third-order valence-corrected chi connectivity index (χ3v) is 6.95. The lowest BCUT2D eigenvalue weighted by Crippen LogP contribution is -2.21. The van der Waals surface area contributed by atoms with Gasteiger partial charge >= 0.3 is 5.97 Å². The quantitative estimate of drug-likeness (QED) is 0.213. The summed E-state index contributed by atoms with van der Waals surface area (Å²) in [5, 5.41) is 5.75. The molecule has 0 atom stereocenters. The summed E-state index contributed by atoms with van der Waals surface area (Å²) in [6, 6.07) is 29.0. The molecule has 0 aliphatic carbocycles. The van der Waals surface area contributed by atoms with Crippen molar-refractivity contribution in [1.82, 2.24) is 0 Å². The average Bonchev–Trinajstić information content (AvgIpc) is 2.84. The molecule has 0 spiro atoms. The molecule has 0 heterocycles. The normalized spacial score (nSPS) is 10.7. The molecular weight excluding hydrogens is 474 g/mol. The third kappa shape index (κ3) is 6.78. The van der Waals surface area contributed by atoms with Crippen LogP contribution in [0.25, 0.3) is 10.8 Å². The van der Waals surface area contributed by atoms with E-state index >= 15 is 0 Å². The minimum absolute atomic E-state index is 0.134. The van der Waals surface area contributed by atoms with Crippen LogP contribution < -0.4 is 5.32 Å². The summed E-state index contributed by atoms with van der Waals surface area (Å²) in [6.07, 6.45) is 0. The van der Waals surface area contributed by atoms with E-state index in [1.54, 1.807) is 0 Å². The van der Waals surface area contributed by atoms with Crippen molar-refractivity contribution >= 4 is 63.5 Å². The van der Waals surface area contributed by atoms with Gasteiger partial charge in [0.05, 0.1) is 11.4 Å². The summed E-state index contributed by atoms with van der Waals surface area (Å²) in [6.45, 7) is -0.336. The molecule has 0 fully saturated rings. The first-order chi connectivity index (χ1) is 16.1. The van der Waals surface area contributed by atoms with Crippen LogP contribution in [0.4, 0.5) is 5.69 Å². The molecule has 0 aromatic heterocycles. The Bertz CT molecular complexity index is 1280. The Labute approximate surface area is 205 Å². The van der Waals surface area contributed by atoms with Gasteiger partial charge in [0.1, 0.15) is 0 Å². The van der Waals surface area contributed by atoms with Gasteiger partial charge in [-0.1, -0.05) is 65.8 Å². The van der Waals surface area contributed by atoms with Crippen molar-refractivity contribution in [1.29, 1.82) is 0 Å². The summed E-state index contributed by atoms with van der Waals surface area (Å²) >= 11 is 8.84. The summed E-state index contributed by atoms with van der Waals surface area (Å²) in [5.41, 5.74) is 0.657. The molecule has 0 radical (unpaired) electrons. The number of fused-ring (bicyclic) bond motifs is 1. The molecule has 0 aliphatic heterocycles. The van der Waals surface area contributed by atoms with E-state index < -0.39 is 5.97 Å². The number of thioether (sulfide) groups is 1. The number of para-hydroxylation sites is 1. The number of rotatable bonds is 8. The largest absolute Gasteiger partial charge is 0.455 e. The van der Waals surface area contributed by atoms with E-state index in [0.717, 1.165) is 25.5 Å². The Morgan fingerprint density at radius 2 is 1.52 bits per heavy atom. The number of hydrogen-bond donors (Lipinski definition) is 1. The van der Waals surface area contributed by atoms with Gasteiger partial charge < -0.3 is 10.1 Å². The lowest BCUT2D eigenvalue weighted by Gasteiger charge is -2.11. The number of hydrogen-bond acceptors (Lipinski definition) is 5. The molecule has 0 saturated heterocycles. The predicted octanol–water partition coefficient (Wildman–Crippen LogP) is 6.92. The van der Waals surface area contributed by atoms with Gasteiger partial charge in [0, 0.05) is 19.7 Å². The minimum Gasteiger partial charge on any atom is -0.455 e. The van der Waals surface area contributed by atoms with Crippen molar-refractivity contribution in [3.8, 4) is 0 Å². The van der Waals surface area contributed by atoms with E-state index in [4.69, 9.17) is 16.3 Å². The fourth-order valence-corrected chi connectivity index (χ4v) is 4.83. The smallest absolute Gasteiger partial charge is 0.316 e. The second-order valence-electron chi connectivity index (χ2n) is 7.06. The molecule has 0 aliphatic rings. The Kier molecular flexibility index (Phi) is 7.94. The standard InChI is InChI=1S/C26H20ClNO3S2/c27-20-10-13-21(14-11-20)33-24-8-4-3-7-23(24)28-25(29)16-31-26(30)17-32-22-12-9-18-5-1-2-6-19(18)15-22/h1-15H,16-17H2,(H,28,29). The van der Waals surface area contributed by atoms with Crippen LogP contribution in [0.2, 0.25) is 5.02 Å². The maximum atomic E-state index is 12.4. The van der Waals surface area contributed by atoms with E-state index in [1.807, 2.05) is 91.0 Å². The molecule has 4 aromatic carbocycles. The number of halogens is 1. The van der Waals surface area contributed by atoms with Gasteiger partial charge in [0.25, 0.3) is 5.91 Å². The fourth-order valence-electron chi connectivity index (χ4n) is 3.06. The molecule has 7 heteroatoms. The van der Waals surface area contributed by atoms with Crippen molar-refractivity contribution in [2.75, 3.05) is 17.7 Å². The van der Waals surface area contributed by atoms with Gasteiger partial charge in [-0.15, -0.1) is 11.8 Å². The average molecular weight is 494 g/mol. The second kappa shape index (κ2) is 11.3. The second-order valence-corrected chi connectivity index (χ2v) is 9.66. The monoisotopic (exact) mass is 493 g/mol. The predicted molar refractivity (Wildman–Crippen MR) is 136 cm³/mol. The zero-order valence-electron chi connectivity index (χ0n) is 17.5. The highest BCUT2D eigenvalue weighted by molar-refractivity contribution is 8.00. The highest BCUT2D eigenvalue weighted by Crippen LogP contribution is 2.33. The zero-order chi connectivity index (χ0) is 23.0. The van der Waals surface area contributed by atoms with Crippen LogP contribution in [0.1, 0.15) is 0 Å². The highest BCUT2D eigenvalue weighted by Gasteiger charge is 2.11. The number of carbonyl (C=O) groups excluding carboxylic acids is 2. The van der Waals surface area contributed by atoms with Gasteiger partial charge in [-0.3, -0.25) is 9.59 Å². The summed E-state index contributed by atoms with van der Waals surface area (Å²) in [4.78, 5) is 27.4. The van der Waals surface area contributed by atoms with Crippen LogP contribution in [0.15, 0.2) is 106 Å². The molecule has 1 N–H and O–H groups in total. The number of carbonyl (C=O) groups is 2. The van der Waals surface area contributed by atoms with Gasteiger partial charge in [0.15, 0.2) is 6.61 Å². The topological polar surface area (TPSA) is 55.4 Å². The number of amides is 1. The van der Waals surface area contributed by atoms with Crippen LogP contribution in [0.3, 0.4) is 0 Å². The van der Waals surface area contributed by atoms with Crippen molar-refractivity contribution in [2.45, 2.75) is 14.7 Å². The van der Waals surface area contributed by atoms with Gasteiger partial charge in [-0.25, -0.2) is 0 Å². The Hall–Kier alpha value is -2.93. The summed E-state index contributed by atoms with van der Waals surface area (Å²) < 4.78 is 5.16. The molecular formula is C26H20ClNO3S2. The zero-order valence-corrected chi connectivity index (χ0v) is 19.9. The number of esters is 1. The first-order valence-electron chi connectivity index (χ1n) is 10.2. The molecule has 4 nitrogen and oxygen atoms in total. The van der Waals surface area contributed by atoms with E-state index in [2.05, 4.69) is 5.32 Å². The molecule has 4 rings (SSSR count). The first-order valence-corrected chi connectivity index (χ1v) is 12.3. The highest BCUT2D eigenvalue weighted by atomic mass is 35.5. The maximum absolute atomic E-state index is 12.4. The van der Waals surface area contributed by atoms with Gasteiger partial charge in [-0.2, -0.15) is 0 Å². The molecule has 0 bridgehead atoms. The van der Waals surface area contributed by atoms with Crippen molar-refractivity contribution in [3.05, 3.63) is 96.0 Å². The molecule has 166 valence electrons. The van der Waals surface area contributed by atoms with Crippen LogP contribution in [-0.2, 0) is 14.3 Å². The SMILES string of the molecule is O=C(COC(=O)CSc1ccc2ccccc2c1)Nc1ccccc1Sc1ccc(Cl)cc1. The van der Waals surface area contributed by atoms with Gasteiger partial charge in [-0.05, 0) is 59.3 Å². The molecule has 0 unspecified atom stereocenters. The van der Waals surface area contributed by atoms with E-state index in [9.17, 15) is 9.59 Å². The number of nitrogens with one attached hydrogen (secondary N) is 1. The van der Waals surface area contributed by atoms with Gasteiger partial charge in [0.2, 0.25) is 0 Å². The van der Waals surface area contributed by atoms with E-state index in [0.29, 0.717) is 10.7 Å². The first kappa shape index (κ1) is 23.2. The minimum atomic E-state index is -0.438. The lowest BCUT2D eigenvalue weighted by atomic mass is 10.1. The van der Waals surface area contributed by atoms with Crippen molar-refractivity contribution in [2.24, 2.45) is 0 Å².